The summed E-state index contributed by atoms with van der Waals surface area (Å²) in [5.41, 5.74) is -0.290. The van der Waals surface area contributed by atoms with E-state index in [2.05, 4.69) is 4.74 Å². The van der Waals surface area contributed by atoms with Crippen LogP contribution in [0.4, 0.5) is 5.69 Å². The Labute approximate surface area is 113 Å². The fourth-order valence-electron chi connectivity index (χ4n) is 1.34. The lowest BCUT2D eigenvalue weighted by Crippen LogP contribution is -2.32. The molecule has 0 aliphatic carbocycles. The van der Waals surface area contributed by atoms with Crippen molar-refractivity contribution in [2.75, 3.05) is 20.7 Å². The van der Waals surface area contributed by atoms with Gasteiger partial charge in [0.25, 0.3) is 11.6 Å². The van der Waals surface area contributed by atoms with Crippen molar-refractivity contribution in [3.63, 3.8) is 0 Å². The minimum atomic E-state index is -0.681. The molecule has 0 fully saturated rings. The first-order valence-electron chi connectivity index (χ1n) is 5.13. The molecule has 1 rings (SSSR count). The Morgan fingerprint density at radius 1 is 1.47 bits per heavy atom. The third kappa shape index (κ3) is 3.65. The van der Waals surface area contributed by atoms with Gasteiger partial charge in [0.05, 0.1) is 12.0 Å². The summed E-state index contributed by atoms with van der Waals surface area (Å²) in [4.78, 5) is 34.1. The predicted octanol–water partition coefficient (Wildman–Crippen LogP) is 1.49. The van der Waals surface area contributed by atoms with E-state index >= 15 is 0 Å². The third-order valence-electron chi connectivity index (χ3n) is 2.33. The quantitative estimate of drug-likeness (QED) is 0.475. The molecule has 0 aliphatic rings. The molecule has 0 N–H and O–H groups in total. The largest absolute Gasteiger partial charge is 0.468 e. The first-order chi connectivity index (χ1) is 8.86. The first kappa shape index (κ1) is 14.9. The Bertz CT molecular complexity index is 532. The van der Waals surface area contributed by atoms with Gasteiger partial charge >= 0.3 is 5.97 Å². The van der Waals surface area contributed by atoms with Gasteiger partial charge in [0.1, 0.15) is 11.6 Å². The van der Waals surface area contributed by atoms with Gasteiger partial charge < -0.3 is 9.64 Å². The minimum absolute atomic E-state index is 0.0582. The van der Waals surface area contributed by atoms with Crippen LogP contribution >= 0.6 is 11.6 Å². The summed E-state index contributed by atoms with van der Waals surface area (Å²) >= 11 is 5.64. The van der Waals surface area contributed by atoms with Crippen LogP contribution in [0.5, 0.6) is 0 Å². The maximum atomic E-state index is 11.9. The highest BCUT2D eigenvalue weighted by atomic mass is 35.5. The van der Waals surface area contributed by atoms with Crippen LogP contribution in [-0.4, -0.2) is 42.4 Å². The Balaban J connectivity index is 2.97. The molecule has 19 heavy (non-hydrogen) atoms. The van der Waals surface area contributed by atoms with Gasteiger partial charge in [-0.05, 0) is 12.1 Å². The minimum Gasteiger partial charge on any atom is -0.468 e. The number of methoxy groups -OCH3 is 1. The molecule has 0 heterocycles. The van der Waals surface area contributed by atoms with Crippen molar-refractivity contribution in [2.45, 2.75) is 0 Å². The number of hydrogen-bond acceptors (Lipinski definition) is 5. The zero-order valence-electron chi connectivity index (χ0n) is 10.3. The molecule has 0 spiro atoms. The highest BCUT2D eigenvalue weighted by Crippen LogP contribution is 2.25. The van der Waals surface area contributed by atoms with E-state index in [9.17, 15) is 19.7 Å². The predicted molar refractivity (Wildman–Crippen MR) is 67.1 cm³/mol. The van der Waals surface area contributed by atoms with E-state index in [-0.39, 0.29) is 22.8 Å². The number of nitrogens with zero attached hydrogens (tertiary/aromatic N) is 2. The summed E-state index contributed by atoms with van der Waals surface area (Å²) in [5, 5.41) is 10.7. The summed E-state index contributed by atoms with van der Waals surface area (Å²) in [6.45, 7) is -0.244. The molecule has 0 radical (unpaired) electrons. The van der Waals surface area contributed by atoms with Crippen molar-refractivity contribution in [1.29, 1.82) is 0 Å². The van der Waals surface area contributed by atoms with E-state index in [1.165, 1.54) is 26.3 Å². The normalized spacial score (nSPS) is 9.84. The van der Waals surface area contributed by atoms with Crippen molar-refractivity contribution in [3.8, 4) is 0 Å². The van der Waals surface area contributed by atoms with Crippen molar-refractivity contribution >= 4 is 29.2 Å². The fourth-order valence-corrected chi connectivity index (χ4v) is 1.52. The average molecular weight is 287 g/mol. The molecule has 0 unspecified atom stereocenters. The van der Waals surface area contributed by atoms with Gasteiger partial charge in [-0.25, -0.2) is 0 Å². The number of ether oxygens (including phenoxy) is 1. The molecule has 0 aliphatic heterocycles. The number of carbonyl (C=O) groups excluding carboxylic acids is 2. The van der Waals surface area contributed by atoms with E-state index in [4.69, 9.17) is 11.6 Å². The summed E-state index contributed by atoms with van der Waals surface area (Å²) in [6.07, 6.45) is 0. The summed E-state index contributed by atoms with van der Waals surface area (Å²) in [6, 6.07) is 3.68. The van der Waals surface area contributed by atoms with Gasteiger partial charge in [-0.2, -0.15) is 0 Å². The molecular weight excluding hydrogens is 276 g/mol. The van der Waals surface area contributed by atoms with Crippen LogP contribution in [0.25, 0.3) is 0 Å². The second kappa shape index (κ2) is 6.14. The van der Waals surface area contributed by atoms with E-state index < -0.39 is 16.8 Å². The van der Waals surface area contributed by atoms with Crippen LogP contribution in [0.2, 0.25) is 5.02 Å². The van der Waals surface area contributed by atoms with Gasteiger partial charge in [-0.1, -0.05) is 11.6 Å². The average Bonchev–Trinajstić information content (AvgIpc) is 2.37. The molecule has 1 aromatic rings. The smallest absolute Gasteiger partial charge is 0.325 e. The lowest BCUT2D eigenvalue weighted by Gasteiger charge is -2.15. The van der Waals surface area contributed by atoms with Gasteiger partial charge in [-0.3, -0.25) is 19.7 Å². The summed E-state index contributed by atoms with van der Waals surface area (Å²) < 4.78 is 4.43. The molecule has 0 atom stereocenters. The van der Waals surface area contributed by atoms with Crippen molar-refractivity contribution in [2.24, 2.45) is 0 Å². The lowest BCUT2D eigenvalue weighted by molar-refractivity contribution is -0.384. The molecule has 0 saturated carbocycles. The number of amides is 1. The highest BCUT2D eigenvalue weighted by molar-refractivity contribution is 6.32. The van der Waals surface area contributed by atoms with Crippen LogP contribution in [0.15, 0.2) is 18.2 Å². The van der Waals surface area contributed by atoms with E-state index in [0.717, 1.165) is 11.0 Å². The lowest BCUT2D eigenvalue weighted by atomic mass is 10.2. The Hall–Kier alpha value is -2.15. The number of esters is 1. The van der Waals surface area contributed by atoms with Crippen LogP contribution in [-0.2, 0) is 9.53 Å². The van der Waals surface area contributed by atoms with Crippen molar-refractivity contribution < 1.29 is 19.2 Å². The molecular formula is C11H11ClN2O5. The maximum Gasteiger partial charge on any atom is 0.325 e. The van der Waals surface area contributed by atoms with E-state index in [1.54, 1.807) is 0 Å². The van der Waals surface area contributed by atoms with Crippen molar-refractivity contribution in [1.82, 2.24) is 4.90 Å². The number of nitro groups is 1. The number of hydrogen-bond donors (Lipinski definition) is 0. The first-order valence-corrected chi connectivity index (χ1v) is 5.50. The second-order valence-electron chi connectivity index (χ2n) is 3.66. The number of carbonyl (C=O) groups is 2. The Morgan fingerprint density at radius 2 is 2.11 bits per heavy atom. The number of rotatable bonds is 4. The Morgan fingerprint density at radius 3 is 2.63 bits per heavy atom. The number of likely N-dealkylation sites (N-methyl/N-ethyl adjacent to an activating group) is 1. The van der Waals surface area contributed by atoms with E-state index in [1.807, 2.05) is 0 Å². The number of benzene rings is 1. The highest BCUT2D eigenvalue weighted by Gasteiger charge is 2.20. The number of halogens is 1. The number of nitro benzene ring substituents is 1. The van der Waals surface area contributed by atoms with Crippen LogP contribution in [0, 0.1) is 10.1 Å². The molecule has 0 bridgehead atoms. The molecule has 1 aromatic carbocycles. The maximum absolute atomic E-state index is 11.9. The van der Waals surface area contributed by atoms with Gasteiger partial charge in [0.15, 0.2) is 0 Å². The molecule has 0 aromatic heterocycles. The SMILES string of the molecule is COC(=O)CN(C)C(=O)c1ccc(Cl)c([N+](=O)[O-])c1. The monoisotopic (exact) mass is 286 g/mol. The van der Waals surface area contributed by atoms with Crippen LogP contribution in [0.1, 0.15) is 10.4 Å². The third-order valence-corrected chi connectivity index (χ3v) is 2.65. The van der Waals surface area contributed by atoms with Gasteiger partial charge in [-0.15, -0.1) is 0 Å². The Kier molecular flexibility index (Phi) is 4.82. The molecule has 1 amide bonds. The summed E-state index contributed by atoms with van der Waals surface area (Å²) in [7, 11) is 2.59. The van der Waals surface area contributed by atoms with Gasteiger partial charge in [0.2, 0.25) is 0 Å². The van der Waals surface area contributed by atoms with E-state index in [0.29, 0.717) is 0 Å². The zero-order valence-corrected chi connectivity index (χ0v) is 11.0. The summed E-state index contributed by atoms with van der Waals surface area (Å²) in [5.74, 6) is -1.12. The molecule has 8 heteroatoms. The van der Waals surface area contributed by atoms with Crippen LogP contribution in [0.3, 0.4) is 0 Å². The zero-order chi connectivity index (χ0) is 14.6. The molecule has 0 saturated heterocycles. The van der Waals surface area contributed by atoms with Crippen molar-refractivity contribution in [3.05, 3.63) is 38.9 Å². The topological polar surface area (TPSA) is 89.8 Å². The van der Waals surface area contributed by atoms with Gasteiger partial charge in [0, 0.05) is 18.7 Å². The van der Waals surface area contributed by atoms with Crippen LogP contribution < -0.4 is 0 Å². The standard InChI is InChI=1S/C11H11ClN2O5/c1-13(6-10(15)19-2)11(16)7-3-4-8(12)9(5-7)14(17)18/h3-5H,6H2,1-2H3. The fraction of sp³-hybridized carbons (Fsp3) is 0.273. The second-order valence-corrected chi connectivity index (χ2v) is 4.07. The molecule has 7 nitrogen and oxygen atoms in total. The molecule has 102 valence electrons.